The Morgan fingerprint density at radius 2 is 1.88 bits per heavy atom. The number of hydrogen-bond donors (Lipinski definition) is 1. The molecule has 0 fully saturated rings. The molecule has 0 saturated heterocycles. The second-order valence-corrected chi connectivity index (χ2v) is 7.72. The van der Waals surface area contributed by atoms with Crippen molar-refractivity contribution in [3.63, 3.8) is 0 Å². The van der Waals surface area contributed by atoms with E-state index in [1.807, 2.05) is 0 Å². The lowest BCUT2D eigenvalue weighted by Gasteiger charge is -2.20. The molecule has 0 spiro atoms. The number of hydrogen-bond acceptors (Lipinski definition) is 5. The topological polar surface area (TPSA) is 84.9 Å². The van der Waals surface area contributed by atoms with Crippen molar-refractivity contribution in [3.8, 4) is 11.5 Å². The first-order valence-corrected chi connectivity index (χ1v) is 9.37. The Morgan fingerprint density at radius 1 is 1.16 bits per heavy atom. The van der Waals surface area contributed by atoms with Gasteiger partial charge in [-0.1, -0.05) is 6.07 Å². The van der Waals surface area contributed by atoms with Crippen LogP contribution >= 0.6 is 0 Å². The minimum atomic E-state index is -3.42. The van der Waals surface area contributed by atoms with E-state index in [0.717, 1.165) is 10.6 Å². The molecule has 2 aromatic carbocycles. The summed E-state index contributed by atoms with van der Waals surface area (Å²) in [6.07, 6.45) is 1.12. The highest BCUT2D eigenvalue weighted by Crippen LogP contribution is 2.34. The van der Waals surface area contributed by atoms with Crippen LogP contribution in [0.4, 0.5) is 11.4 Å². The summed E-state index contributed by atoms with van der Waals surface area (Å²) in [5.74, 6) is 0.867. The molecule has 0 saturated carbocycles. The molecule has 1 aliphatic heterocycles. The zero-order chi connectivity index (χ0) is 18.2. The molecule has 2 aromatic rings. The summed E-state index contributed by atoms with van der Waals surface area (Å²) in [6.45, 7) is 1.87. The van der Waals surface area contributed by atoms with Crippen LogP contribution < -0.4 is 19.1 Å². The van der Waals surface area contributed by atoms with Gasteiger partial charge in [-0.15, -0.1) is 0 Å². The van der Waals surface area contributed by atoms with Gasteiger partial charge in [0.1, 0.15) is 0 Å². The molecule has 0 atom stereocenters. The lowest BCUT2D eigenvalue weighted by Crippen LogP contribution is -2.26. The standard InChI is InChI=1S/C17H18N2O5S/c1-11-13(5-4-6-14(11)19(2)25(3,21)22)17(20)18-12-7-8-15-16(9-12)24-10-23-15/h4-9H,10H2,1-3H3,(H,18,20). The van der Waals surface area contributed by atoms with Crippen LogP contribution in [0.1, 0.15) is 15.9 Å². The minimum Gasteiger partial charge on any atom is -0.454 e. The molecule has 8 heteroatoms. The minimum absolute atomic E-state index is 0.158. The van der Waals surface area contributed by atoms with Crippen LogP contribution in [0.25, 0.3) is 0 Å². The van der Waals surface area contributed by atoms with Crippen LogP contribution in [0.2, 0.25) is 0 Å². The molecule has 0 aliphatic carbocycles. The van der Waals surface area contributed by atoms with Crippen molar-refractivity contribution in [1.82, 2.24) is 0 Å². The van der Waals surface area contributed by atoms with Crippen LogP contribution in [-0.4, -0.2) is 34.4 Å². The fraction of sp³-hybridized carbons (Fsp3) is 0.235. The first-order valence-electron chi connectivity index (χ1n) is 7.52. The number of ether oxygens (including phenoxy) is 2. The van der Waals surface area contributed by atoms with Gasteiger partial charge < -0.3 is 14.8 Å². The molecule has 7 nitrogen and oxygen atoms in total. The largest absolute Gasteiger partial charge is 0.454 e. The lowest BCUT2D eigenvalue weighted by atomic mass is 10.1. The molecule has 0 radical (unpaired) electrons. The average molecular weight is 362 g/mol. The summed E-state index contributed by atoms with van der Waals surface area (Å²) >= 11 is 0. The SMILES string of the molecule is Cc1c(C(=O)Nc2ccc3c(c2)OCO3)cccc1N(C)S(C)(=O)=O. The van der Waals surface area contributed by atoms with E-state index in [0.29, 0.717) is 34.0 Å². The Hall–Kier alpha value is -2.74. The van der Waals surface area contributed by atoms with E-state index in [9.17, 15) is 13.2 Å². The summed E-state index contributed by atoms with van der Waals surface area (Å²) in [7, 11) is -1.96. The highest BCUT2D eigenvalue weighted by atomic mass is 32.2. The number of nitrogens with zero attached hydrogens (tertiary/aromatic N) is 1. The highest BCUT2D eigenvalue weighted by Gasteiger charge is 2.19. The van der Waals surface area contributed by atoms with Crippen LogP contribution in [0.15, 0.2) is 36.4 Å². The first kappa shape index (κ1) is 17.1. The quantitative estimate of drug-likeness (QED) is 0.903. The van der Waals surface area contributed by atoms with Crippen molar-refractivity contribution in [3.05, 3.63) is 47.5 Å². The van der Waals surface area contributed by atoms with Crippen LogP contribution in [0.5, 0.6) is 11.5 Å². The lowest BCUT2D eigenvalue weighted by molar-refractivity contribution is 0.102. The van der Waals surface area contributed by atoms with E-state index in [4.69, 9.17) is 9.47 Å². The van der Waals surface area contributed by atoms with Gasteiger partial charge in [-0.3, -0.25) is 9.10 Å². The zero-order valence-corrected chi connectivity index (χ0v) is 14.9. The molecule has 1 N–H and O–H groups in total. The third-order valence-corrected chi connectivity index (χ3v) is 5.21. The Balaban J connectivity index is 1.88. The highest BCUT2D eigenvalue weighted by molar-refractivity contribution is 7.92. The number of rotatable bonds is 4. The van der Waals surface area contributed by atoms with Gasteiger partial charge in [0.05, 0.1) is 11.9 Å². The summed E-state index contributed by atoms with van der Waals surface area (Å²) in [5, 5.41) is 2.79. The van der Waals surface area contributed by atoms with Gasteiger partial charge in [-0.05, 0) is 36.8 Å². The van der Waals surface area contributed by atoms with E-state index < -0.39 is 10.0 Å². The maximum atomic E-state index is 12.6. The second kappa shape index (κ2) is 6.29. The van der Waals surface area contributed by atoms with Gasteiger partial charge in [0.25, 0.3) is 5.91 Å². The van der Waals surface area contributed by atoms with Crippen LogP contribution in [0.3, 0.4) is 0 Å². The molecule has 132 valence electrons. The molecule has 25 heavy (non-hydrogen) atoms. The molecule has 0 aromatic heterocycles. The van der Waals surface area contributed by atoms with Gasteiger partial charge in [0.2, 0.25) is 16.8 Å². The van der Waals surface area contributed by atoms with Gasteiger partial charge in [-0.2, -0.15) is 0 Å². The van der Waals surface area contributed by atoms with Crippen molar-refractivity contribution in [1.29, 1.82) is 0 Å². The molecule has 1 heterocycles. The van der Waals surface area contributed by atoms with Crippen molar-refractivity contribution < 1.29 is 22.7 Å². The normalized spacial score (nSPS) is 12.8. The number of amides is 1. The molecule has 0 bridgehead atoms. The van der Waals surface area contributed by atoms with Crippen molar-refractivity contribution in [2.75, 3.05) is 29.7 Å². The molecule has 1 aliphatic rings. The first-order chi connectivity index (χ1) is 11.8. The van der Waals surface area contributed by atoms with Crippen LogP contribution in [-0.2, 0) is 10.0 Å². The fourth-order valence-corrected chi connectivity index (χ4v) is 3.12. The van der Waals surface area contributed by atoms with Crippen LogP contribution in [0, 0.1) is 6.92 Å². The van der Waals surface area contributed by atoms with Gasteiger partial charge >= 0.3 is 0 Å². The Kier molecular flexibility index (Phi) is 4.30. The number of benzene rings is 2. The smallest absolute Gasteiger partial charge is 0.256 e. The van der Waals surface area contributed by atoms with Gasteiger partial charge in [-0.25, -0.2) is 8.42 Å². The van der Waals surface area contributed by atoms with E-state index >= 15 is 0 Å². The summed E-state index contributed by atoms with van der Waals surface area (Å²) in [6, 6.07) is 10.1. The molecular formula is C17H18N2O5S. The molecule has 1 amide bonds. The van der Waals surface area contributed by atoms with Crippen molar-refractivity contribution >= 4 is 27.3 Å². The van der Waals surface area contributed by atoms with Crippen molar-refractivity contribution in [2.24, 2.45) is 0 Å². The monoisotopic (exact) mass is 362 g/mol. The molecular weight excluding hydrogens is 344 g/mol. The summed E-state index contributed by atoms with van der Waals surface area (Å²) in [4.78, 5) is 12.6. The van der Waals surface area contributed by atoms with E-state index in [-0.39, 0.29) is 12.7 Å². The predicted molar refractivity (Wildman–Crippen MR) is 94.9 cm³/mol. The average Bonchev–Trinajstić information content (AvgIpc) is 3.01. The zero-order valence-electron chi connectivity index (χ0n) is 14.1. The fourth-order valence-electron chi connectivity index (χ4n) is 2.56. The maximum absolute atomic E-state index is 12.6. The Morgan fingerprint density at radius 3 is 2.60 bits per heavy atom. The van der Waals surface area contributed by atoms with Crippen molar-refractivity contribution in [2.45, 2.75) is 6.92 Å². The maximum Gasteiger partial charge on any atom is 0.256 e. The summed E-state index contributed by atoms with van der Waals surface area (Å²) < 4.78 is 35.2. The predicted octanol–water partition coefficient (Wildman–Crippen LogP) is 2.37. The summed E-state index contributed by atoms with van der Waals surface area (Å²) in [5.41, 5.74) is 2.00. The molecule has 0 unspecified atom stereocenters. The number of fused-ring (bicyclic) bond motifs is 1. The molecule has 3 rings (SSSR count). The number of sulfonamides is 1. The number of nitrogens with one attached hydrogen (secondary N) is 1. The third-order valence-electron chi connectivity index (χ3n) is 4.02. The van der Waals surface area contributed by atoms with E-state index in [2.05, 4.69) is 5.32 Å². The Labute approximate surface area is 146 Å². The van der Waals surface area contributed by atoms with E-state index in [1.165, 1.54) is 7.05 Å². The Bertz CT molecular complexity index is 940. The second-order valence-electron chi connectivity index (χ2n) is 5.70. The number of carbonyl (C=O) groups is 1. The van der Waals surface area contributed by atoms with E-state index in [1.54, 1.807) is 43.3 Å². The number of anilines is 2. The van der Waals surface area contributed by atoms with Gasteiger partial charge in [0.15, 0.2) is 11.5 Å². The van der Waals surface area contributed by atoms with Gasteiger partial charge in [0, 0.05) is 24.4 Å². The third kappa shape index (κ3) is 3.39. The number of carbonyl (C=O) groups excluding carboxylic acids is 1.